The van der Waals surface area contributed by atoms with Crippen LogP contribution < -0.4 is 0 Å². The lowest BCUT2D eigenvalue weighted by molar-refractivity contribution is 0.449. The molecule has 3 aromatic rings. The average Bonchev–Trinajstić information content (AvgIpc) is 3.30. The van der Waals surface area contributed by atoms with Gasteiger partial charge in [0.2, 0.25) is 0 Å². The molecule has 186 valence electrons. The predicted molar refractivity (Wildman–Crippen MR) is 153 cm³/mol. The Balaban J connectivity index is 1.88. The van der Waals surface area contributed by atoms with Gasteiger partial charge in [-0.3, -0.25) is 9.98 Å². The van der Waals surface area contributed by atoms with E-state index in [1.165, 1.54) is 66.5 Å². The van der Waals surface area contributed by atoms with Crippen LogP contribution in [0.5, 0.6) is 0 Å². The van der Waals surface area contributed by atoms with Crippen molar-refractivity contribution in [2.45, 2.75) is 72.1 Å². The Labute approximate surface area is 213 Å². The molecule has 1 aromatic carbocycles. The van der Waals surface area contributed by atoms with Crippen molar-refractivity contribution in [1.29, 1.82) is 0 Å². The lowest BCUT2D eigenvalue weighted by Crippen LogP contribution is -2.03. The highest BCUT2D eigenvalue weighted by molar-refractivity contribution is 6.10. The summed E-state index contributed by atoms with van der Waals surface area (Å²) in [5.41, 5.74) is 8.25. The number of benzene rings is 1. The normalized spacial score (nSPS) is 13.0. The molecule has 2 aromatic heterocycles. The van der Waals surface area contributed by atoms with Gasteiger partial charge in [-0.05, 0) is 60.1 Å². The summed E-state index contributed by atoms with van der Waals surface area (Å²) in [4.78, 5) is 9.56. The predicted octanol–water partition coefficient (Wildman–Crippen LogP) is 8.79. The third-order valence-corrected chi connectivity index (χ3v) is 6.71. The standard InChI is InChI=1S/C32H43N3/c1-6-8-9-13-25(3)14-10-17-32-30(28(12-7-2)23-33-4)18-19-31(34-32)27-16-11-15-26(22-27)29-20-21-35(5)24-29/h11-12,15-16,18-25H,6-10,13-14,17H2,1-5H3/b28-12+,33-23?. The summed E-state index contributed by atoms with van der Waals surface area (Å²) < 4.78 is 2.09. The molecule has 0 fully saturated rings. The van der Waals surface area contributed by atoms with Crippen LogP contribution >= 0.6 is 0 Å². The second-order valence-corrected chi connectivity index (χ2v) is 9.79. The molecule has 0 amide bonds. The highest BCUT2D eigenvalue weighted by Crippen LogP contribution is 2.29. The minimum atomic E-state index is 0.776. The van der Waals surface area contributed by atoms with Gasteiger partial charge in [0, 0.05) is 49.5 Å². The lowest BCUT2D eigenvalue weighted by atomic mass is 9.94. The van der Waals surface area contributed by atoms with Gasteiger partial charge in [-0.15, -0.1) is 0 Å². The van der Waals surface area contributed by atoms with Crippen molar-refractivity contribution in [3.63, 3.8) is 0 Å². The maximum absolute atomic E-state index is 5.23. The Morgan fingerprint density at radius 2 is 1.80 bits per heavy atom. The number of hydrogen-bond acceptors (Lipinski definition) is 2. The van der Waals surface area contributed by atoms with Crippen LogP contribution in [0.3, 0.4) is 0 Å². The number of aliphatic imine (C=N–C) groups is 1. The summed E-state index contributed by atoms with van der Waals surface area (Å²) in [6.07, 6.45) is 18.2. The summed E-state index contributed by atoms with van der Waals surface area (Å²) >= 11 is 0. The summed E-state index contributed by atoms with van der Waals surface area (Å²) in [6, 6.07) is 15.3. The number of hydrogen-bond donors (Lipinski definition) is 0. The van der Waals surface area contributed by atoms with Crippen molar-refractivity contribution in [1.82, 2.24) is 9.55 Å². The van der Waals surface area contributed by atoms with Gasteiger partial charge in [-0.2, -0.15) is 0 Å². The lowest BCUT2D eigenvalue weighted by Gasteiger charge is -2.15. The summed E-state index contributed by atoms with van der Waals surface area (Å²) in [5.74, 6) is 0.776. The zero-order valence-corrected chi connectivity index (χ0v) is 22.4. The van der Waals surface area contributed by atoms with Crippen LogP contribution in [-0.2, 0) is 13.5 Å². The Hall–Kier alpha value is -2.94. The molecule has 0 bridgehead atoms. The van der Waals surface area contributed by atoms with Crippen molar-refractivity contribution in [3.8, 4) is 22.4 Å². The van der Waals surface area contributed by atoms with Crippen molar-refractivity contribution in [2.24, 2.45) is 18.0 Å². The fraction of sp³-hybridized carbons (Fsp3) is 0.438. The fourth-order valence-corrected chi connectivity index (χ4v) is 4.74. The van der Waals surface area contributed by atoms with Gasteiger partial charge in [0.05, 0.1) is 5.69 Å². The van der Waals surface area contributed by atoms with E-state index < -0.39 is 0 Å². The van der Waals surface area contributed by atoms with Gasteiger partial charge < -0.3 is 4.57 Å². The number of pyridine rings is 1. The Bertz CT molecular complexity index is 1120. The van der Waals surface area contributed by atoms with Crippen LogP contribution in [0.15, 0.2) is 65.9 Å². The molecule has 0 aliphatic rings. The van der Waals surface area contributed by atoms with Crippen LogP contribution in [0.2, 0.25) is 0 Å². The highest BCUT2D eigenvalue weighted by Gasteiger charge is 2.12. The van der Waals surface area contributed by atoms with E-state index in [0.717, 1.165) is 30.0 Å². The van der Waals surface area contributed by atoms with Crippen molar-refractivity contribution in [2.75, 3.05) is 7.05 Å². The Kier molecular flexibility index (Phi) is 10.5. The van der Waals surface area contributed by atoms with Gasteiger partial charge in [0.15, 0.2) is 0 Å². The molecule has 0 radical (unpaired) electrons. The quantitative estimate of drug-likeness (QED) is 0.182. The van der Waals surface area contributed by atoms with E-state index in [1.54, 1.807) is 0 Å². The first-order chi connectivity index (χ1) is 17.0. The molecule has 0 spiro atoms. The van der Waals surface area contributed by atoms with E-state index in [-0.39, 0.29) is 0 Å². The van der Waals surface area contributed by atoms with E-state index in [1.807, 2.05) is 13.3 Å². The van der Waals surface area contributed by atoms with E-state index in [9.17, 15) is 0 Å². The third-order valence-electron chi connectivity index (χ3n) is 6.71. The average molecular weight is 470 g/mol. The van der Waals surface area contributed by atoms with Crippen LogP contribution in [0.1, 0.15) is 77.0 Å². The van der Waals surface area contributed by atoms with Gasteiger partial charge in [0.25, 0.3) is 0 Å². The van der Waals surface area contributed by atoms with Crippen LogP contribution in [0.4, 0.5) is 0 Å². The number of aryl methyl sites for hydroxylation is 2. The summed E-state index contributed by atoms with van der Waals surface area (Å²) in [5, 5.41) is 0. The minimum Gasteiger partial charge on any atom is -0.357 e. The molecule has 0 aliphatic carbocycles. The van der Waals surface area contributed by atoms with Crippen molar-refractivity contribution < 1.29 is 0 Å². The number of aromatic nitrogens is 2. The maximum atomic E-state index is 5.23. The second kappa shape index (κ2) is 13.8. The molecule has 2 heterocycles. The first kappa shape index (κ1) is 26.7. The van der Waals surface area contributed by atoms with E-state index in [0.29, 0.717) is 0 Å². The minimum absolute atomic E-state index is 0.776. The zero-order chi connectivity index (χ0) is 25.0. The van der Waals surface area contributed by atoms with E-state index >= 15 is 0 Å². The molecule has 1 atom stereocenters. The molecule has 3 heteroatoms. The SMILES string of the molecule is CC/C=C(\C=NC)c1ccc(-c2cccc(-c3ccn(C)c3)c2)nc1CCCC(C)CCCCC. The molecular weight excluding hydrogens is 426 g/mol. The second-order valence-electron chi connectivity index (χ2n) is 9.79. The summed E-state index contributed by atoms with van der Waals surface area (Å²) in [6.45, 7) is 6.86. The first-order valence-electron chi connectivity index (χ1n) is 13.4. The Morgan fingerprint density at radius 1 is 1.00 bits per heavy atom. The largest absolute Gasteiger partial charge is 0.357 e. The van der Waals surface area contributed by atoms with Gasteiger partial charge >= 0.3 is 0 Å². The van der Waals surface area contributed by atoms with Crippen LogP contribution in [-0.4, -0.2) is 22.8 Å². The van der Waals surface area contributed by atoms with Gasteiger partial charge in [-0.25, -0.2) is 0 Å². The Morgan fingerprint density at radius 3 is 2.51 bits per heavy atom. The molecule has 3 rings (SSSR count). The van der Waals surface area contributed by atoms with Crippen molar-refractivity contribution in [3.05, 3.63) is 72.2 Å². The fourth-order valence-electron chi connectivity index (χ4n) is 4.74. The van der Waals surface area contributed by atoms with Gasteiger partial charge in [-0.1, -0.05) is 83.2 Å². The molecule has 35 heavy (non-hydrogen) atoms. The van der Waals surface area contributed by atoms with Gasteiger partial charge in [0.1, 0.15) is 0 Å². The number of unbranched alkanes of at least 4 members (excludes halogenated alkanes) is 2. The molecule has 1 unspecified atom stereocenters. The first-order valence-corrected chi connectivity index (χ1v) is 13.4. The monoisotopic (exact) mass is 469 g/mol. The third kappa shape index (κ3) is 7.78. The summed E-state index contributed by atoms with van der Waals surface area (Å²) in [7, 11) is 3.91. The topological polar surface area (TPSA) is 30.2 Å². The smallest absolute Gasteiger partial charge is 0.0705 e. The van der Waals surface area contributed by atoms with Crippen molar-refractivity contribution >= 4 is 11.8 Å². The van der Waals surface area contributed by atoms with Crippen LogP contribution in [0, 0.1) is 5.92 Å². The zero-order valence-electron chi connectivity index (χ0n) is 22.4. The van der Waals surface area contributed by atoms with Crippen LogP contribution in [0.25, 0.3) is 28.0 Å². The molecule has 0 N–H and O–H groups in total. The highest BCUT2D eigenvalue weighted by atomic mass is 14.9. The molecule has 0 aliphatic heterocycles. The molecule has 3 nitrogen and oxygen atoms in total. The number of allylic oxidation sites excluding steroid dienone is 2. The molecule has 0 saturated heterocycles. The molecular formula is C32H43N3. The van der Waals surface area contributed by atoms with E-state index in [2.05, 4.69) is 98.3 Å². The number of rotatable bonds is 13. The maximum Gasteiger partial charge on any atom is 0.0705 e. The number of nitrogens with zero attached hydrogens (tertiary/aromatic N) is 3. The molecule has 0 saturated carbocycles. The van der Waals surface area contributed by atoms with E-state index in [4.69, 9.17) is 4.98 Å².